The highest BCUT2D eigenvalue weighted by molar-refractivity contribution is 7.80. The van der Waals surface area contributed by atoms with E-state index in [-0.39, 0.29) is 28.9 Å². The van der Waals surface area contributed by atoms with Crippen LogP contribution in [0.25, 0.3) is 0 Å². The molecule has 0 radical (unpaired) electrons. The molecule has 33 heavy (non-hydrogen) atoms. The lowest BCUT2D eigenvalue weighted by Gasteiger charge is -2.37. The number of anilines is 2. The van der Waals surface area contributed by atoms with Crippen LogP contribution in [0.15, 0.2) is 48.5 Å². The smallest absolute Gasteiger partial charge is 0.257 e. The van der Waals surface area contributed by atoms with E-state index >= 15 is 0 Å². The first-order valence-electron chi connectivity index (χ1n) is 11.3. The van der Waals surface area contributed by atoms with Gasteiger partial charge in [0.05, 0.1) is 17.5 Å². The Kier molecular flexibility index (Phi) is 8.27. The molecule has 0 aliphatic carbocycles. The topological polar surface area (TPSA) is 73.9 Å². The molecule has 1 aliphatic heterocycles. The van der Waals surface area contributed by atoms with Crippen LogP contribution in [0.3, 0.4) is 0 Å². The van der Waals surface area contributed by atoms with E-state index in [1.165, 1.54) is 0 Å². The zero-order chi connectivity index (χ0) is 24.0. The summed E-state index contributed by atoms with van der Waals surface area (Å²) >= 11 is 5.41. The van der Waals surface area contributed by atoms with Crippen molar-refractivity contribution >= 4 is 40.5 Å². The lowest BCUT2D eigenvalue weighted by molar-refractivity contribution is -0.134. The van der Waals surface area contributed by atoms with Gasteiger partial charge < -0.3 is 19.9 Å². The number of benzene rings is 2. The zero-order valence-electron chi connectivity index (χ0n) is 19.6. The molecule has 176 valence electrons. The van der Waals surface area contributed by atoms with E-state index in [0.29, 0.717) is 24.4 Å². The largest absolute Gasteiger partial charge is 0.491 e. The second-order valence-corrected chi connectivity index (χ2v) is 9.00. The minimum atomic E-state index is -0.306. The number of thiocarbonyl (C=S) groups is 1. The number of carbonyl (C=O) groups excluding carboxylic acids is 2. The van der Waals surface area contributed by atoms with Crippen LogP contribution >= 0.6 is 12.2 Å². The van der Waals surface area contributed by atoms with Crippen LogP contribution < -0.4 is 20.3 Å². The van der Waals surface area contributed by atoms with Crippen molar-refractivity contribution in [2.24, 2.45) is 5.92 Å². The first-order chi connectivity index (χ1) is 15.7. The van der Waals surface area contributed by atoms with E-state index in [9.17, 15) is 9.59 Å². The molecule has 0 unspecified atom stereocenters. The van der Waals surface area contributed by atoms with Crippen molar-refractivity contribution in [3.05, 3.63) is 54.1 Å². The molecule has 8 heteroatoms. The lowest BCUT2D eigenvalue weighted by atomic mass is 10.1. The third-order valence-corrected chi connectivity index (χ3v) is 5.48. The molecule has 0 aromatic heterocycles. The van der Waals surface area contributed by atoms with Crippen molar-refractivity contribution in [2.45, 2.75) is 33.8 Å². The van der Waals surface area contributed by atoms with Gasteiger partial charge >= 0.3 is 0 Å². The molecule has 3 rings (SSSR count). The molecular formula is C25H32N4O3S. The van der Waals surface area contributed by atoms with E-state index in [4.69, 9.17) is 17.0 Å². The SMILES string of the molecule is CC(C)Oc1cccc(C(=O)NC(=S)Nc2ccccc2N2CCN(C(=O)C(C)C)CC2)c1. The summed E-state index contributed by atoms with van der Waals surface area (Å²) in [5.74, 6) is 0.522. The Hall–Kier alpha value is -3.13. The maximum atomic E-state index is 12.7. The maximum Gasteiger partial charge on any atom is 0.257 e. The third kappa shape index (κ3) is 6.68. The Morgan fingerprint density at radius 3 is 2.33 bits per heavy atom. The Morgan fingerprint density at radius 1 is 0.970 bits per heavy atom. The van der Waals surface area contributed by atoms with Gasteiger partial charge in [0.2, 0.25) is 5.91 Å². The summed E-state index contributed by atoms with van der Waals surface area (Å²) in [6.07, 6.45) is 0.0212. The molecule has 2 aromatic rings. The van der Waals surface area contributed by atoms with Gasteiger partial charge in [0, 0.05) is 37.7 Å². The Bertz CT molecular complexity index is 1000. The molecule has 1 heterocycles. The van der Waals surface area contributed by atoms with Crippen molar-refractivity contribution < 1.29 is 14.3 Å². The van der Waals surface area contributed by atoms with E-state index < -0.39 is 0 Å². The molecular weight excluding hydrogens is 436 g/mol. The Morgan fingerprint density at radius 2 is 1.67 bits per heavy atom. The number of piperazine rings is 1. The number of hydrogen-bond acceptors (Lipinski definition) is 5. The molecule has 2 aromatic carbocycles. The fraction of sp³-hybridized carbons (Fsp3) is 0.400. The summed E-state index contributed by atoms with van der Waals surface area (Å²) in [6, 6.07) is 14.8. The summed E-state index contributed by atoms with van der Waals surface area (Å²) in [7, 11) is 0. The molecule has 1 fully saturated rings. The van der Waals surface area contributed by atoms with Gasteiger partial charge in [-0.05, 0) is 56.4 Å². The average Bonchev–Trinajstić information content (AvgIpc) is 2.78. The van der Waals surface area contributed by atoms with Gasteiger partial charge in [-0.1, -0.05) is 32.0 Å². The van der Waals surface area contributed by atoms with Gasteiger partial charge in [0.25, 0.3) is 5.91 Å². The molecule has 2 N–H and O–H groups in total. The van der Waals surface area contributed by atoms with Gasteiger partial charge in [-0.25, -0.2) is 0 Å². The molecule has 0 spiro atoms. The second kappa shape index (κ2) is 11.1. The highest BCUT2D eigenvalue weighted by Gasteiger charge is 2.24. The lowest BCUT2D eigenvalue weighted by Crippen LogP contribution is -2.50. The van der Waals surface area contributed by atoms with Crippen LogP contribution in [0.2, 0.25) is 0 Å². The number of nitrogens with one attached hydrogen (secondary N) is 2. The van der Waals surface area contributed by atoms with Crippen LogP contribution in [0.4, 0.5) is 11.4 Å². The fourth-order valence-corrected chi connectivity index (χ4v) is 3.90. The van der Waals surface area contributed by atoms with Gasteiger partial charge in [-0.2, -0.15) is 0 Å². The van der Waals surface area contributed by atoms with Gasteiger partial charge in [0.15, 0.2) is 5.11 Å². The van der Waals surface area contributed by atoms with E-state index in [1.807, 2.05) is 62.9 Å². The third-order valence-electron chi connectivity index (χ3n) is 5.27. The molecule has 2 amide bonds. The van der Waals surface area contributed by atoms with Gasteiger partial charge in [-0.3, -0.25) is 14.9 Å². The predicted molar refractivity (Wildman–Crippen MR) is 136 cm³/mol. The quantitative estimate of drug-likeness (QED) is 0.627. The standard InChI is InChI=1S/C25H32N4O3S/c1-17(2)24(31)29-14-12-28(13-15-29)22-11-6-5-10-21(22)26-25(33)27-23(30)19-8-7-9-20(16-19)32-18(3)4/h5-11,16-18H,12-15H2,1-4H3,(H2,26,27,30,33). The van der Waals surface area contributed by atoms with Crippen LogP contribution in [-0.2, 0) is 4.79 Å². The summed E-state index contributed by atoms with van der Waals surface area (Å²) in [6.45, 7) is 10.6. The predicted octanol–water partition coefficient (Wildman–Crippen LogP) is 3.91. The van der Waals surface area contributed by atoms with E-state index in [2.05, 4.69) is 15.5 Å². The minimum absolute atomic E-state index is 0.00381. The number of para-hydroxylation sites is 2. The molecule has 0 bridgehead atoms. The minimum Gasteiger partial charge on any atom is -0.491 e. The van der Waals surface area contributed by atoms with Gasteiger partial charge in [-0.15, -0.1) is 0 Å². The van der Waals surface area contributed by atoms with E-state index in [0.717, 1.165) is 24.5 Å². The number of rotatable bonds is 6. The first kappa shape index (κ1) is 24.5. The molecule has 7 nitrogen and oxygen atoms in total. The number of hydrogen-bond donors (Lipinski definition) is 2. The zero-order valence-corrected chi connectivity index (χ0v) is 20.4. The van der Waals surface area contributed by atoms with Crippen molar-refractivity contribution in [3.8, 4) is 5.75 Å². The Balaban J connectivity index is 1.62. The van der Waals surface area contributed by atoms with Gasteiger partial charge in [0.1, 0.15) is 5.75 Å². The monoisotopic (exact) mass is 468 g/mol. The summed E-state index contributed by atoms with van der Waals surface area (Å²) in [4.78, 5) is 29.1. The van der Waals surface area contributed by atoms with Crippen molar-refractivity contribution in [3.63, 3.8) is 0 Å². The summed E-state index contributed by atoms with van der Waals surface area (Å²) in [5, 5.41) is 6.12. The normalized spacial score (nSPS) is 13.8. The highest BCUT2D eigenvalue weighted by Crippen LogP contribution is 2.27. The van der Waals surface area contributed by atoms with Crippen molar-refractivity contribution in [1.82, 2.24) is 10.2 Å². The second-order valence-electron chi connectivity index (χ2n) is 8.59. The van der Waals surface area contributed by atoms with Crippen molar-refractivity contribution in [2.75, 3.05) is 36.4 Å². The fourth-order valence-electron chi connectivity index (χ4n) is 3.70. The van der Waals surface area contributed by atoms with E-state index in [1.54, 1.807) is 18.2 Å². The molecule has 0 saturated carbocycles. The average molecular weight is 469 g/mol. The van der Waals surface area contributed by atoms with Crippen LogP contribution in [-0.4, -0.2) is 54.1 Å². The van der Waals surface area contributed by atoms with Crippen LogP contribution in [0, 0.1) is 5.92 Å². The summed E-state index contributed by atoms with van der Waals surface area (Å²) in [5.41, 5.74) is 2.26. The number of nitrogens with zero attached hydrogens (tertiary/aromatic N) is 2. The van der Waals surface area contributed by atoms with Crippen molar-refractivity contribution in [1.29, 1.82) is 0 Å². The molecule has 0 atom stereocenters. The highest BCUT2D eigenvalue weighted by atomic mass is 32.1. The summed E-state index contributed by atoms with van der Waals surface area (Å²) < 4.78 is 5.67. The van der Waals surface area contributed by atoms with Crippen LogP contribution in [0.1, 0.15) is 38.1 Å². The molecule has 1 saturated heterocycles. The molecule has 1 aliphatic rings. The number of carbonyl (C=O) groups is 2. The maximum absolute atomic E-state index is 12.7. The first-order valence-corrected chi connectivity index (χ1v) is 11.7. The Labute approximate surface area is 201 Å². The van der Waals surface area contributed by atoms with Crippen LogP contribution in [0.5, 0.6) is 5.75 Å². The number of ether oxygens (including phenoxy) is 1. The number of amides is 2.